The van der Waals surface area contributed by atoms with Gasteiger partial charge in [-0.05, 0) is 24.3 Å². The van der Waals surface area contributed by atoms with Crippen molar-refractivity contribution in [3.05, 3.63) is 63.4 Å². The molecule has 0 atom stereocenters. The molecule has 0 saturated heterocycles. The van der Waals surface area contributed by atoms with Gasteiger partial charge in [0.15, 0.2) is 0 Å². The van der Waals surface area contributed by atoms with Crippen LogP contribution in [0.5, 0.6) is 0 Å². The molecule has 118 valence electrons. The number of hydrogen-bond acceptors (Lipinski definition) is 4. The number of nitrogens with zero attached hydrogens (tertiary/aromatic N) is 1. The van der Waals surface area contributed by atoms with E-state index in [0.717, 1.165) is 18.2 Å². The molecule has 0 saturated carbocycles. The summed E-state index contributed by atoms with van der Waals surface area (Å²) in [5.74, 6) is -2.73. The molecule has 0 radical (unpaired) electrons. The minimum Gasteiger partial charge on any atom is -0.318 e. The molecule has 0 aromatic heterocycles. The quantitative estimate of drug-likeness (QED) is 0.510. The van der Waals surface area contributed by atoms with Crippen molar-refractivity contribution in [2.75, 3.05) is 10.6 Å². The van der Waals surface area contributed by atoms with E-state index < -0.39 is 22.6 Å². The Morgan fingerprint density at radius 2 is 1.65 bits per heavy atom. The number of benzene rings is 2. The molecule has 2 aromatic carbocycles. The first-order valence-electron chi connectivity index (χ1n) is 6.18. The second kappa shape index (κ2) is 6.84. The van der Waals surface area contributed by atoms with E-state index >= 15 is 0 Å². The van der Waals surface area contributed by atoms with Crippen molar-refractivity contribution in [2.45, 2.75) is 0 Å². The number of anilines is 2. The molecule has 0 fully saturated rings. The molecule has 0 heterocycles. The van der Waals surface area contributed by atoms with Crippen LogP contribution in [0.2, 0.25) is 5.02 Å². The molecule has 0 bridgehead atoms. The van der Waals surface area contributed by atoms with E-state index in [1.165, 1.54) is 24.3 Å². The van der Waals surface area contributed by atoms with Crippen molar-refractivity contribution in [1.82, 2.24) is 0 Å². The van der Waals surface area contributed by atoms with Crippen LogP contribution in [-0.4, -0.2) is 16.7 Å². The van der Waals surface area contributed by atoms with Gasteiger partial charge in [-0.2, -0.15) is 0 Å². The lowest BCUT2D eigenvalue weighted by atomic mass is 10.2. The van der Waals surface area contributed by atoms with E-state index in [1.807, 2.05) is 0 Å². The van der Waals surface area contributed by atoms with Crippen molar-refractivity contribution < 1.29 is 18.9 Å². The molecule has 0 aliphatic rings. The summed E-state index contributed by atoms with van der Waals surface area (Å²) >= 11 is 5.56. The van der Waals surface area contributed by atoms with Crippen molar-refractivity contribution in [2.24, 2.45) is 0 Å². The maximum absolute atomic E-state index is 13.0. The van der Waals surface area contributed by atoms with Crippen LogP contribution in [0.15, 0.2) is 42.5 Å². The Kier molecular flexibility index (Phi) is 4.87. The van der Waals surface area contributed by atoms with Gasteiger partial charge in [0.1, 0.15) is 5.82 Å². The fraction of sp³-hybridized carbons (Fsp3) is 0. The zero-order valence-electron chi connectivity index (χ0n) is 11.4. The topological polar surface area (TPSA) is 101 Å². The summed E-state index contributed by atoms with van der Waals surface area (Å²) in [6, 6.07) is 8.54. The van der Waals surface area contributed by atoms with Gasteiger partial charge in [-0.3, -0.25) is 19.7 Å². The predicted octanol–water partition coefficient (Wildman–Crippen LogP) is 2.96. The molecule has 23 heavy (non-hydrogen) atoms. The molecule has 2 aromatic rings. The van der Waals surface area contributed by atoms with Crippen molar-refractivity contribution in [1.29, 1.82) is 0 Å². The summed E-state index contributed by atoms with van der Waals surface area (Å²) < 4.78 is 13.0. The fourth-order valence-electron chi connectivity index (χ4n) is 1.65. The normalized spacial score (nSPS) is 10.0. The maximum atomic E-state index is 13.0. The van der Waals surface area contributed by atoms with Gasteiger partial charge in [-0.1, -0.05) is 17.7 Å². The first-order valence-corrected chi connectivity index (χ1v) is 6.56. The predicted molar refractivity (Wildman–Crippen MR) is 81.8 cm³/mol. The minimum atomic E-state index is -1.04. The number of nitro benzene ring substituents is 1. The average Bonchev–Trinajstić information content (AvgIpc) is 2.51. The summed E-state index contributed by atoms with van der Waals surface area (Å²) in [6.07, 6.45) is 0. The van der Waals surface area contributed by atoms with Crippen molar-refractivity contribution in [3.63, 3.8) is 0 Å². The van der Waals surface area contributed by atoms with Gasteiger partial charge in [0.2, 0.25) is 0 Å². The van der Waals surface area contributed by atoms with E-state index in [-0.39, 0.29) is 22.1 Å². The maximum Gasteiger partial charge on any atom is 0.314 e. The summed E-state index contributed by atoms with van der Waals surface area (Å²) in [7, 11) is 0. The Bertz CT molecular complexity index is 797. The van der Waals surface area contributed by atoms with Gasteiger partial charge in [-0.15, -0.1) is 0 Å². The van der Waals surface area contributed by atoms with Gasteiger partial charge < -0.3 is 10.6 Å². The van der Waals surface area contributed by atoms with Crippen LogP contribution in [0.4, 0.5) is 21.5 Å². The molecule has 0 aliphatic carbocycles. The second-order valence-corrected chi connectivity index (χ2v) is 4.75. The van der Waals surface area contributed by atoms with Gasteiger partial charge in [-0.25, -0.2) is 4.39 Å². The monoisotopic (exact) mass is 337 g/mol. The Labute approximate surface area is 134 Å². The second-order valence-electron chi connectivity index (χ2n) is 4.34. The molecule has 2 rings (SSSR count). The number of carbonyl (C=O) groups is 2. The minimum absolute atomic E-state index is 0.0940. The van der Waals surface area contributed by atoms with E-state index in [4.69, 9.17) is 11.6 Å². The van der Waals surface area contributed by atoms with Crippen LogP contribution >= 0.6 is 11.6 Å². The zero-order chi connectivity index (χ0) is 17.0. The first-order chi connectivity index (χ1) is 10.9. The van der Waals surface area contributed by atoms with Gasteiger partial charge >= 0.3 is 11.8 Å². The first kappa shape index (κ1) is 16.4. The van der Waals surface area contributed by atoms with Gasteiger partial charge in [0.25, 0.3) is 5.69 Å². The van der Waals surface area contributed by atoms with E-state index in [1.54, 1.807) is 0 Å². The van der Waals surface area contributed by atoms with Crippen LogP contribution in [0, 0.1) is 15.9 Å². The van der Waals surface area contributed by atoms with Crippen LogP contribution in [0.1, 0.15) is 0 Å². The summed E-state index contributed by atoms with van der Waals surface area (Å²) in [5.41, 5.74) is 0.000560. The molecule has 9 heteroatoms. The average molecular weight is 338 g/mol. The lowest BCUT2D eigenvalue weighted by Gasteiger charge is -2.07. The van der Waals surface area contributed by atoms with Crippen molar-refractivity contribution in [3.8, 4) is 0 Å². The van der Waals surface area contributed by atoms with Crippen molar-refractivity contribution >= 4 is 40.5 Å². The summed E-state index contributed by atoms with van der Waals surface area (Å²) in [6.45, 7) is 0. The van der Waals surface area contributed by atoms with E-state index in [0.29, 0.717) is 0 Å². The third kappa shape index (κ3) is 4.24. The standard InChI is InChI=1S/C14H9ClFN3O4/c15-11-7-9(4-5-12(11)16)18-14(21)13(20)17-8-2-1-3-10(6-8)19(22)23/h1-7H,(H,17,20)(H,18,21). The molecule has 2 N–H and O–H groups in total. The highest BCUT2D eigenvalue weighted by molar-refractivity contribution is 6.43. The zero-order valence-corrected chi connectivity index (χ0v) is 12.1. The summed E-state index contributed by atoms with van der Waals surface area (Å²) in [4.78, 5) is 33.5. The van der Waals surface area contributed by atoms with Gasteiger partial charge in [0, 0.05) is 23.5 Å². The lowest BCUT2D eigenvalue weighted by molar-refractivity contribution is -0.384. The highest BCUT2D eigenvalue weighted by Gasteiger charge is 2.16. The number of nitrogens with one attached hydrogen (secondary N) is 2. The lowest BCUT2D eigenvalue weighted by Crippen LogP contribution is -2.29. The summed E-state index contributed by atoms with van der Waals surface area (Å²) in [5, 5.41) is 14.9. The van der Waals surface area contributed by atoms with E-state index in [2.05, 4.69) is 10.6 Å². The third-order valence-corrected chi connectivity index (χ3v) is 2.99. The third-order valence-electron chi connectivity index (χ3n) is 2.70. The fourth-order valence-corrected chi connectivity index (χ4v) is 1.83. The number of halogens is 2. The molecule has 0 spiro atoms. The van der Waals surface area contributed by atoms with Crippen LogP contribution in [0.25, 0.3) is 0 Å². The Balaban J connectivity index is 2.05. The number of amides is 2. The molecule has 7 nitrogen and oxygen atoms in total. The molecule has 0 aliphatic heterocycles. The number of hydrogen-bond donors (Lipinski definition) is 2. The highest BCUT2D eigenvalue weighted by Crippen LogP contribution is 2.20. The number of nitro groups is 1. The molecule has 0 unspecified atom stereocenters. The SMILES string of the molecule is O=C(Nc1cccc([N+](=O)[O-])c1)C(=O)Nc1ccc(F)c(Cl)c1. The van der Waals surface area contributed by atoms with Crippen LogP contribution < -0.4 is 10.6 Å². The number of non-ortho nitro benzene ring substituents is 1. The van der Waals surface area contributed by atoms with E-state index in [9.17, 15) is 24.1 Å². The van der Waals surface area contributed by atoms with Gasteiger partial charge in [0.05, 0.1) is 9.95 Å². The largest absolute Gasteiger partial charge is 0.318 e. The Morgan fingerprint density at radius 3 is 2.22 bits per heavy atom. The Hall–Kier alpha value is -3.00. The molecular weight excluding hydrogens is 329 g/mol. The molecular formula is C14H9ClFN3O4. The molecule has 2 amide bonds. The van der Waals surface area contributed by atoms with Crippen LogP contribution in [-0.2, 0) is 9.59 Å². The smallest absolute Gasteiger partial charge is 0.314 e. The Morgan fingerprint density at radius 1 is 1.04 bits per heavy atom. The number of rotatable bonds is 3. The highest BCUT2D eigenvalue weighted by atomic mass is 35.5. The van der Waals surface area contributed by atoms with Crippen LogP contribution in [0.3, 0.4) is 0 Å². The number of carbonyl (C=O) groups excluding carboxylic acids is 2.